The second-order valence-corrected chi connectivity index (χ2v) is 8.67. The normalized spacial score (nSPS) is 13.2. The first kappa shape index (κ1) is 18.5. The van der Waals surface area contributed by atoms with Gasteiger partial charge in [-0.2, -0.15) is 0 Å². The summed E-state index contributed by atoms with van der Waals surface area (Å²) in [5, 5.41) is 3.14. The number of nitrogens with zero attached hydrogens (tertiary/aromatic N) is 1. The molecule has 22 heavy (non-hydrogen) atoms. The SMILES string of the molecule is CCc1cccc(CC)c1NC(N)=NCC(C)(C)S(C)(=O)=O. The molecule has 0 unspecified atom stereocenters. The molecule has 0 spiro atoms. The third-order valence-corrected chi connectivity index (χ3v) is 6.02. The van der Waals surface area contributed by atoms with E-state index >= 15 is 0 Å². The summed E-state index contributed by atoms with van der Waals surface area (Å²) in [4.78, 5) is 4.21. The molecule has 1 rings (SSSR count). The highest BCUT2D eigenvalue weighted by Gasteiger charge is 2.29. The van der Waals surface area contributed by atoms with Crippen molar-refractivity contribution in [2.45, 2.75) is 45.3 Å². The van der Waals surface area contributed by atoms with Crippen molar-refractivity contribution in [2.24, 2.45) is 10.7 Å². The number of sulfone groups is 1. The Morgan fingerprint density at radius 3 is 2.14 bits per heavy atom. The molecule has 5 nitrogen and oxygen atoms in total. The van der Waals surface area contributed by atoms with Crippen LogP contribution in [0.3, 0.4) is 0 Å². The summed E-state index contributed by atoms with van der Waals surface area (Å²) in [5.74, 6) is 0.243. The predicted molar refractivity (Wildman–Crippen MR) is 94.2 cm³/mol. The van der Waals surface area contributed by atoms with Gasteiger partial charge in [-0.05, 0) is 37.8 Å². The standard InChI is InChI=1S/C16H27N3O2S/c1-6-12-9-8-10-13(7-2)14(12)19-15(17)18-11-16(3,4)22(5,20)21/h8-10H,6-7,11H2,1-5H3,(H3,17,18,19). The zero-order valence-corrected chi connectivity index (χ0v) is 14.9. The molecule has 0 fully saturated rings. The number of rotatable bonds is 6. The fourth-order valence-corrected chi connectivity index (χ4v) is 2.26. The van der Waals surface area contributed by atoms with E-state index in [0.717, 1.165) is 18.5 Å². The minimum atomic E-state index is -3.19. The van der Waals surface area contributed by atoms with Gasteiger partial charge in [-0.1, -0.05) is 32.0 Å². The van der Waals surface area contributed by atoms with Crippen LogP contribution in [0, 0.1) is 0 Å². The molecule has 0 aliphatic rings. The second kappa shape index (κ2) is 7.13. The van der Waals surface area contributed by atoms with Crippen molar-refractivity contribution < 1.29 is 8.42 Å². The number of hydrogen-bond acceptors (Lipinski definition) is 3. The number of nitrogens with one attached hydrogen (secondary N) is 1. The third kappa shape index (κ3) is 4.47. The van der Waals surface area contributed by atoms with E-state index in [1.165, 1.54) is 17.4 Å². The summed E-state index contributed by atoms with van der Waals surface area (Å²) >= 11 is 0. The van der Waals surface area contributed by atoms with Crippen LogP contribution >= 0.6 is 0 Å². The molecule has 1 aromatic rings. The monoisotopic (exact) mass is 325 g/mol. The van der Waals surface area contributed by atoms with Gasteiger partial charge in [-0.15, -0.1) is 0 Å². The molecular formula is C16H27N3O2S. The van der Waals surface area contributed by atoms with Crippen molar-refractivity contribution in [3.05, 3.63) is 29.3 Å². The van der Waals surface area contributed by atoms with Crippen LogP contribution in [0.2, 0.25) is 0 Å². The smallest absolute Gasteiger partial charge is 0.193 e. The topological polar surface area (TPSA) is 84.5 Å². The molecule has 0 radical (unpaired) electrons. The fraction of sp³-hybridized carbons (Fsp3) is 0.562. The Morgan fingerprint density at radius 2 is 1.73 bits per heavy atom. The zero-order valence-electron chi connectivity index (χ0n) is 14.1. The predicted octanol–water partition coefficient (Wildman–Crippen LogP) is 2.36. The summed E-state index contributed by atoms with van der Waals surface area (Å²) in [7, 11) is -3.19. The first-order valence-corrected chi connectivity index (χ1v) is 9.38. The number of hydrogen-bond donors (Lipinski definition) is 2. The highest BCUT2D eigenvalue weighted by atomic mass is 32.2. The van der Waals surface area contributed by atoms with Crippen molar-refractivity contribution in [1.29, 1.82) is 0 Å². The van der Waals surface area contributed by atoms with E-state index < -0.39 is 14.6 Å². The lowest BCUT2D eigenvalue weighted by Gasteiger charge is -2.20. The van der Waals surface area contributed by atoms with Gasteiger partial charge >= 0.3 is 0 Å². The van der Waals surface area contributed by atoms with Crippen LogP contribution in [-0.2, 0) is 22.7 Å². The Morgan fingerprint density at radius 1 is 1.23 bits per heavy atom. The van der Waals surface area contributed by atoms with Gasteiger partial charge in [0.05, 0.1) is 11.3 Å². The van der Waals surface area contributed by atoms with Crippen molar-refractivity contribution in [2.75, 3.05) is 18.1 Å². The maximum absolute atomic E-state index is 11.7. The van der Waals surface area contributed by atoms with Crippen molar-refractivity contribution in [1.82, 2.24) is 0 Å². The van der Waals surface area contributed by atoms with Crippen LogP contribution in [0.4, 0.5) is 5.69 Å². The van der Waals surface area contributed by atoms with E-state index in [9.17, 15) is 8.42 Å². The molecule has 0 amide bonds. The summed E-state index contributed by atoms with van der Waals surface area (Å²) in [6.07, 6.45) is 2.99. The minimum Gasteiger partial charge on any atom is -0.370 e. The summed E-state index contributed by atoms with van der Waals surface area (Å²) in [5.41, 5.74) is 9.26. The number of anilines is 1. The van der Waals surface area contributed by atoms with Crippen LogP contribution in [0.25, 0.3) is 0 Å². The second-order valence-electron chi connectivity index (χ2n) is 6.02. The molecule has 1 aromatic carbocycles. The molecule has 6 heteroatoms. The van der Waals surface area contributed by atoms with Gasteiger partial charge < -0.3 is 11.1 Å². The van der Waals surface area contributed by atoms with E-state index in [1.54, 1.807) is 13.8 Å². The number of para-hydroxylation sites is 1. The van der Waals surface area contributed by atoms with E-state index in [4.69, 9.17) is 5.73 Å². The largest absolute Gasteiger partial charge is 0.370 e. The number of aryl methyl sites for hydroxylation is 2. The number of benzene rings is 1. The maximum atomic E-state index is 11.7. The molecular weight excluding hydrogens is 298 g/mol. The van der Waals surface area contributed by atoms with E-state index in [1.807, 2.05) is 6.07 Å². The third-order valence-electron chi connectivity index (χ3n) is 3.89. The fourth-order valence-electron chi connectivity index (χ4n) is 1.96. The molecule has 0 aromatic heterocycles. The Kier molecular flexibility index (Phi) is 6.00. The number of guanidine groups is 1. The highest BCUT2D eigenvalue weighted by Crippen LogP contribution is 2.22. The average molecular weight is 325 g/mol. The molecule has 0 aliphatic carbocycles. The molecule has 0 saturated heterocycles. The molecule has 3 N–H and O–H groups in total. The first-order chi connectivity index (χ1) is 10.1. The maximum Gasteiger partial charge on any atom is 0.193 e. The quantitative estimate of drug-likeness (QED) is 0.621. The van der Waals surface area contributed by atoms with Crippen LogP contribution in [-0.4, -0.2) is 31.9 Å². The average Bonchev–Trinajstić information content (AvgIpc) is 2.44. The van der Waals surface area contributed by atoms with Gasteiger partial charge in [0.15, 0.2) is 15.8 Å². The minimum absolute atomic E-state index is 0.125. The van der Waals surface area contributed by atoms with Crippen molar-refractivity contribution >= 4 is 21.5 Å². The van der Waals surface area contributed by atoms with Gasteiger partial charge in [0, 0.05) is 11.9 Å². The van der Waals surface area contributed by atoms with Crippen LogP contribution in [0.15, 0.2) is 23.2 Å². The lowest BCUT2D eigenvalue weighted by Crippen LogP contribution is -2.36. The molecule has 0 heterocycles. The van der Waals surface area contributed by atoms with Crippen molar-refractivity contribution in [3.63, 3.8) is 0 Å². The van der Waals surface area contributed by atoms with Gasteiger partial charge in [-0.25, -0.2) is 8.42 Å². The number of nitrogens with two attached hydrogens (primary N) is 1. The lowest BCUT2D eigenvalue weighted by molar-refractivity contribution is 0.555. The zero-order chi connectivity index (χ0) is 17.0. The van der Waals surface area contributed by atoms with E-state index in [-0.39, 0.29) is 12.5 Å². The molecule has 0 saturated carbocycles. The van der Waals surface area contributed by atoms with Gasteiger partial charge in [0.1, 0.15) is 0 Å². The van der Waals surface area contributed by atoms with Gasteiger partial charge in [0.25, 0.3) is 0 Å². The Bertz CT molecular complexity index is 627. The summed E-state index contributed by atoms with van der Waals surface area (Å²) < 4.78 is 22.5. The highest BCUT2D eigenvalue weighted by molar-refractivity contribution is 7.92. The van der Waals surface area contributed by atoms with Crippen LogP contribution < -0.4 is 11.1 Å². The van der Waals surface area contributed by atoms with Crippen LogP contribution in [0.1, 0.15) is 38.8 Å². The molecule has 0 atom stereocenters. The summed E-state index contributed by atoms with van der Waals surface area (Å²) in [6.45, 7) is 7.59. The number of aliphatic imine (C=N–C) groups is 1. The Balaban J connectivity index is 2.98. The van der Waals surface area contributed by atoms with Gasteiger partial charge in [-0.3, -0.25) is 4.99 Å². The lowest BCUT2D eigenvalue weighted by atomic mass is 10.0. The molecule has 0 bridgehead atoms. The molecule has 124 valence electrons. The van der Waals surface area contributed by atoms with E-state index in [0.29, 0.717) is 0 Å². The van der Waals surface area contributed by atoms with E-state index in [2.05, 4.69) is 36.3 Å². The van der Waals surface area contributed by atoms with Gasteiger partial charge in [0.2, 0.25) is 0 Å². The van der Waals surface area contributed by atoms with Crippen LogP contribution in [0.5, 0.6) is 0 Å². The van der Waals surface area contributed by atoms with Crippen molar-refractivity contribution in [3.8, 4) is 0 Å². The Hall–Kier alpha value is -1.56. The Labute approximate surface area is 133 Å². The molecule has 0 aliphatic heterocycles. The summed E-state index contributed by atoms with van der Waals surface area (Å²) in [6, 6.07) is 6.13. The first-order valence-electron chi connectivity index (χ1n) is 7.49.